The number of hydrogen-bond donors (Lipinski definition) is 1. The molecule has 4 aromatic rings. The SMILES string of the molecule is CCOC(=O)c1nnsc1NC(=O)c1cc2c(C)nn(-c3ccc(F)cc3)c2s1. The molecule has 0 radical (unpaired) electrons. The Kier molecular flexibility index (Phi) is 5.07. The molecule has 11 heteroatoms. The minimum absolute atomic E-state index is 0.0278. The van der Waals surface area contributed by atoms with Crippen molar-refractivity contribution in [3.05, 3.63) is 52.4 Å². The van der Waals surface area contributed by atoms with E-state index >= 15 is 0 Å². The van der Waals surface area contributed by atoms with Crippen molar-refractivity contribution in [1.82, 2.24) is 19.4 Å². The van der Waals surface area contributed by atoms with Crippen molar-refractivity contribution in [1.29, 1.82) is 0 Å². The summed E-state index contributed by atoms with van der Waals surface area (Å²) in [6.45, 7) is 3.71. The van der Waals surface area contributed by atoms with E-state index in [-0.39, 0.29) is 23.1 Å². The van der Waals surface area contributed by atoms with E-state index in [1.54, 1.807) is 29.8 Å². The minimum atomic E-state index is -0.643. The van der Waals surface area contributed by atoms with Crippen molar-refractivity contribution in [2.75, 3.05) is 11.9 Å². The van der Waals surface area contributed by atoms with Gasteiger partial charge < -0.3 is 10.1 Å². The van der Waals surface area contributed by atoms with Crippen LogP contribution in [0.2, 0.25) is 0 Å². The summed E-state index contributed by atoms with van der Waals surface area (Å²) < 4.78 is 23.5. The second-order valence-corrected chi connectivity index (χ2v) is 7.71. The zero-order valence-corrected chi connectivity index (χ0v) is 16.9. The zero-order chi connectivity index (χ0) is 20.5. The van der Waals surface area contributed by atoms with Gasteiger partial charge >= 0.3 is 5.97 Å². The summed E-state index contributed by atoms with van der Waals surface area (Å²) in [6, 6.07) is 7.68. The van der Waals surface area contributed by atoms with Gasteiger partial charge in [-0.05, 0) is 44.2 Å². The van der Waals surface area contributed by atoms with Gasteiger partial charge in [0.15, 0.2) is 5.00 Å². The predicted molar refractivity (Wildman–Crippen MR) is 107 cm³/mol. The van der Waals surface area contributed by atoms with Crippen molar-refractivity contribution in [2.45, 2.75) is 13.8 Å². The van der Waals surface area contributed by atoms with Gasteiger partial charge in [0.1, 0.15) is 10.6 Å². The van der Waals surface area contributed by atoms with Crippen molar-refractivity contribution >= 4 is 50.0 Å². The first kappa shape index (κ1) is 19.2. The number of nitrogens with one attached hydrogen (secondary N) is 1. The van der Waals surface area contributed by atoms with E-state index in [9.17, 15) is 14.0 Å². The molecule has 0 aliphatic carbocycles. The lowest BCUT2D eigenvalue weighted by Crippen LogP contribution is -2.14. The number of aromatic nitrogens is 4. The minimum Gasteiger partial charge on any atom is -0.461 e. The predicted octanol–water partition coefficient (Wildman–Crippen LogP) is 3.82. The molecule has 0 unspecified atom stereocenters. The lowest BCUT2D eigenvalue weighted by atomic mass is 10.3. The highest BCUT2D eigenvalue weighted by atomic mass is 32.1. The number of thiophene rings is 1. The van der Waals surface area contributed by atoms with Gasteiger partial charge in [-0.2, -0.15) is 5.10 Å². The van der Waals surface area contributed by atoms with Gasteiger partial charge in [-0.25, -0.2) is 13.9 Å². The molecular weight excluding hydrogens is 417 g/mol. The van der Waals surface area contributed by atoms with E-state index in [1.807, 2.05) is 6.92 Å². The van der Waals surface area contributed by atoms with E-state index in [0.29, 0.717) is 10.6 Å². The van der Waals surface area contributed by atoms with Crippen molar-refractivity contribution < 1.29 is 18.7 Å². The molecule has 3 aromatic heterocycles. The Hall–Kier alpha value is -3.18. The highest BCUT2D eigenvalue weighted by Gasteiger charge is 2.22. The fraction of sp³-hybridized carbons (Fsp3) is 0.167. The molecule has 1 aromatic carbocycles. The van der Waals surface area contributed by atoms with Crippen LogP contribution in [0, 0.1) is 12.7 Å². The number of hydrogen-bond acceptors (Lipinski definition) is 8. The van der Waals surface area contributed by atoms with Crippen molar-refractivity contribution in [2.24, 2.45) is 0 Å². The van der Waals surface area contributed by atoms with Crippen molar-refractivity contribution in [3.63, 3.8) is 0 Å². The molecule has 1 amide bonds. The third-order valence-corrected chi connectivity index (χ3v) is 5.77. The third kappa shape index (κ3) is 3.61. The van der Waals surface area contributed by atoms with Crippen LogP contribution in [0.4, 0.5) is 9.39 Å². The Bertz CT molecular complexity index is 1210. The molecule has 0 atom stereocenters. The smallest absolute Gasteiger partial charge is 0.362 e. The normalized spacial score (nSPS) is 11.0. The Balaban J connectivity index is 1.65. The topological polar surface area (TPSA) is 99.0 Å². The number of benzene rings is 1. The number of carbonyl (C=O) groups excluding carboxylic acids is 2. The maximum absolute atomic E-state index is 13.2. The molecule has 0 fully saturated rings. The maximum Gasteiger partial charge on any atom is 0.362 e. The largest absolute Gasteiger partial charge is 0.461 e. The van der Waals surface area contributed by atoms with Crippen LogP contribution in [0.1, 0.15) is 32.8 Å². The van der Waals surface area contributed by atoms with E-state index in [4.69, 9.17) is 4.74 Å². The number of fused-ring (bicyclic) bond motifs is 1. The lowest BCUT2D eigenvalue weighted by molar-refractivity contribution is 0.0520. The van der Waals surface area contributed by atoms with E-state index < -0.39 is 11.9 Å². The highest BCUT2D eigenvalue weighted by molar-refractivity contribution is 7.20. The van der Waals surface area contributed by atoms with Gasteiger partial charge in [0, 0.05) is 16.9 Å². The van der Waals surface area contributed by atoms with Crippen molar-refractivity contribution in [3.8, 4) is 5.69 Å². The van der Waals surface area contributed by atoms with Crippen LogP contribution in [-0.4, -0.2) is 37.9 Å². The van der Waals surface area contributed by atoms with Crippen LogP contribution in [0.15, 0.2) is 30.3 Å². The number of rotatable bonds is 5. The Morgan fingerprint density at radius 2 is 2.03 bits per heavy atom. The van der Waals surface area contributed by atoms with Crippen LogP contribution in [0.3, 0.4) is 0 Å². The molecule has 0 aliphatic heterocycles. The standard InChI is InChI=1S/C18H14FN5O3S2/c1-3-27-18(26)14-16(29-23-21-14)20-15(25)13-8-12-9(2)22-24(17(12)28-13)11-6-4-10(19)5-7-11/h4-8H,3H2,1-2H3,(H,20,25). The first-order valence-corrected chi connectivity index (χ1v) is 10.1. The summed E-state index contributed by atoms with van der Waals surface area (Å²) in [5.41, 5.74) is 1.40. The number of amides is 1. The summed E-state index contributed by atoms with van der Waals surface area (Å²) in [5, 5.41) is 11.9. The molecule has 148 valence electrons. The summed E-state index contributed by atoms with van der Waals surface area (Å²) in [4.78, 5) is 25.8. The summed E-state index contributed by atoms with van der Waals surface area (Å²) in [6.07, 6.45) is 0. The first-order chi connectivity index (χ1) is 14.0. The van der Waals surface area contributed by atoms with Crippen LogP contribution >= 0.6 is 22.9 Å². The summed E-state index contributed by atoms with van der Waals surface area (Å²) in [7, 11) is 0. The van der Waals surface area contributed by atoms with Gasteiger partial charge in [0.25, 0.3) is 5.91 Å². The van der Waals surface area contributed by atoms with Crippen LogP contribution in [-0.2, 0) is 4.74 Å². The Morgan fingerprint density at radius 3 is 2.76 bits per heavy atom. The molecule has 0 aliphatic rings. The number of nitrogens with zero attached hydrogens (tertiary/aromatic N) is 4. The second kappa shape index (κ2) is 7.68. The van der Waals surface area contributed by atoms with E-state index in [2.05, 4.69) is 20.0 Å². The monoisotopic (exact) mass is 431 g/mol. The quantitative estimate of drug-likeness (QED) is 0.483. The van der Waals surface area contributed by atoms with Crippen LogP contribution in [0.25, 0.3) is 15.9 Å². The molecule has 8 nitrogen and oxygen atoms in total. The van der Waals surface area contributed by atoms with Gasteiger partial charge in [0.2, 0.25) is 5.69 Å². The molecule has 3 heterocycles. The number of halogens is 1. The number of anilines is 1. The lowest BCUT2D eigenvalue weighted by Gasteiger charge is -2.03. The summed E-state index contributed by atoms with van der Waals surface area (Å²) >= 11 is 2.14. The summed E-state index contributed by atoms with van der Waals surface area (Å²) in [5.74, 6) is -1.38. The van der Waals surface area contributed by atoms with Crippen LogP contribution in [0.5, 0.6) is 0 Å². The highest BCUT2D eigenvalue weighted by Crippen LogP contribution is 2.31. The van der Waals surface area contributed by atoms with Crippen LogP contribution < -0.4 is 5.32 Å². The zero-order valence-electron chi connectivity index (χ0n) is 15.3. The second-order valence-electron chi connectivity index (χ2n) is 5.93. The average molecular weight is 431 g/mol. The molecule has 0 saturated heterocycles. The number of ether oxygens (including phenoxy) is 1. The number of esters is 1. The molecule has 4 rings (SSSR count). The third-order valence-electron chi connectivity index (χ3n) is 4.02. The molecule has 0 spiro atoms. The fourth-order valence-corrected chi connectivity index (χ4v) is 4.32. The Morgan fingerprint density at radius 1 is 1.28 bits per heavy atom. The molecule has 0 saturated carbocycles. The number of carbonyl (C=O) groups is 2. The average Bonchev–Trinajstić information content (AvgIpc) is 3.40. The Labute approximate surface area is 172 Å². The number of aryl methyl sites for hydroxylation is 1. The van der Waals surface area contributed by atoms with Gasteiger partial charge in [-0.15, -0.1) is 16.4 Å². The fourth-order valence-electron chi connectivity index (χ4n) is 2.69. The molecule has 1 N–H and O–H groups in total. The molecule has 29 heavy (non-hydrogen) atoms. The molecular formula is C18H14FN5O3S2. The van der Waals surface area contributed by atoms with Gasteiger partial charge in [0.05, 0.1) is 22.9 Å². The first-order valence-electron chi connectivity index (χ1n) is 8.54. The van der Waals surface area contributed by atoms with Gasteiger partial charge in [-0.1, -0.05) is 4.49 Å². The van der Waals surface area contributed by atoms with Gasteiger partial charge in [-0.3, -0.25) is 4.79 Å². The maximum atomic E-state index is 13.2. The van der Waals surface area contributed by atoms with E-state index in [1.165, 1.54) is 23.5 Å². The van der Waals surface area contributed by atoms with E-state index in [0.717, 1.165) is 27.4 Å². The molecule has 0 bridgehead atoms.